The molecule has 3 unspecified atom stereocenters. The summed E-state index contributed by atoms with van der Waals surface area (Å²) >= 11 is 0. The van der Waals surface area contributed by atoms with Crippen LogP contribution in [0.15, 0.2) is 0 Å². The second-order valence-electron chi connectivity index (χ2n) is 5.23. The SMILES string of the molecule is CC1CCCCC12CCCCC2N. The summed E-state index contributed by atoms with van der Waals surface area (Å²) in [5, 5.41) is 0. The van der Waals surface area contributed by atoms with Gasteiger partial charge in [-0.1, -0.05) is 39.0 Å². The van der Waals surface area contributed by atoms with Gasteiger partial charge in [0.15, 0.2) is 0 Å². The van der Waals surface area contributed by atoms with Crippen LogP contribution in [0.2, 0.25) is 0 Å². The second-order valence-corrected chi connectivity index (χ2v) is 5.23. The van der Waals surface area contributed by atoms with E-state index in [-0.39, 0.29) is 0 Å². The van der Waals surface area contributed by atoms with Crippen molar-refractivity contribution >= 4 is 0 Å². The largest absolute Gasteiger partial charge is 0.327 e. The molecule has 2 aliphatic rings. The van der Waals surface area contributed by atoms with E-state index >= 15 is 0 Å². The van der Waals surface area contributed by atoms with Crippen LogP contribution in [-0.2, 0) is 0 Å². The van der Waals surface area contributed by atoms with E-state index in [1.165, 1.54) is 51.4 Å². The predicted octanol–water partition coefficient (Wildman–Crippen LogP) is 3.08. The van der Waals surface area contributed by atoms with Crippen molar-refractivity contribution in [3.05, 3.63) is 0 Å². The Bertz CT molecular complexity index is 156. The van der Waals surface area contributed by atoms with E-state index < -0.39 is 0 Å². The molecule has 2 fully saturated rings. The summed E-state index contributed by atoms with van der Waals surface area (Å²) in [7, 11) is 0. The van der Waals surface area contributed by atoms with Crippen LogP contribution in [0.25, 0.3) is 0 Å². The standard InChI is InChI=1S/C12H23N/c1-10-6-2-4-8-12(10)9-5-3-7-11(12)13/h10-11H,2-9,13H2,1H3. The van der Waals surface area contributed by atoms with E-state index in [4.69, 9.17) is 5.73 Å². The summed E-state index contributed by atoms with van der Waals surface area (Å²) in [6.45, 7) is 2.43. The van der Waals surface area contributed by atoms with E-state index in [1.807, 2.05) is 0 Å². The number of nitrogens with two attached hydrogens (primary N) is 1. The van der Waals surface area contributed by atoms with E-state index in [0.717, 1.165) is 5.92 Å². The maximum Gasteiger partial charge on any atom is 0.00981 e. The first-order valence-electron chi connectivity index (χ1n) is 6.01. The first kappa shape index (κ1) is 9.51. The van der Waals surface area contributed by atoms with Crippen LogP contribution in [0.4, 0.5) is 0 Å². The Labute approximate surface area is 82.1 Å². The van der Waals surface area contributed by atoms with Crippen molar-refractivity contribution in [2.45, 2.75) is 64.3 Å². The average molecular weight is 181 g/mol. The van der Waals surface area contributed by atoms with Crippen molar-refractivity contribution in [2.24, 2.45) is 17.1 Å². The lowest BCUT2D eigenvalue weighted by Crippen LogP contribution is -2.49. The lowest BCUT2D eigenvalue weighted by molar-refractivity contribution is 0.0367. The molecule has 2 rings (SSSR count). The first-order valence-corrected chi connectivity index (χ1v) is 6.01. The maximum atomic E-state index is 6.33. The van der Waals surface area contributed by atoms with Gasteiger partial charge < -0.3 is 5.73 Å². The maximum absolute atomic E-state index is 6.33. The highest BCUT2D eigenvalue weighted by Crippen LogP contribution is 2.50. The van der Waals surface area contributed by atoms with Gasteiger partial charge in [-0.25, -0.2) is 0 Å². The van der Waals surface area contributed by atoms with Crippen LogP contribution in [0.3, 0.4) is 0 Å². The third kappa shape index (κ3) is 1.52. The third-order valence-electron chi connectivity index (χ3n) is 4.66. The summed E-state index contributed by atoms with van der Waals surface area (Å²) in [4.78, 5) is 0. The fourth-order valence-corrected chi connectivity index (χ4v) is 3.65. The monoisotopic (exact) mass is 181 g/mol. The molecule has 1 nitrogen and oxygen atoms in total. The first-order chi connectivity index (χ1) is 6.26. The van der Waals surface area contributed by atoms with E-state index in [9.17, 15) is 0 Å². The Kier molecular flexibility index (Phi) is 2.64. The summed E-state index contributed by atoms with van der Waals surface area (Å²) in [5.74, 6) is 0.886. The van der Waals surface area contributed by atoms with Crippen LogP contribution in [-0.4, -0.2) is 6.04 Å². The zero-order chi connectivity index (χ0) is 9.31. The molecule has 1 spiro atoms. The molecular weight excluding hydrogens is 158 g/mol. The van der Waals surface area contributed by atoms with Crippen molar-refractivity contribution in [2.75, 3.05) is 0 Å². The molecule has 0 aromatic heterocycles. The molecule has 0 radical (unpaired) electrons. The van der Waals surface area contributed by atoms with Crippen LogP contribution < -0.4 is 5.73 Å². The molecule has 0 heterocycles. The van der Waals surface area contributed by atoms with Crippen molar-refractivity contribution in [3.8, 4) is 0 Å². The average Bonchev–Trinajstić information content (AvgIpc) is 2.15. The van der Waals surface area contributed by atoms with Gasteiger partial charge in [0.2, 0.25) is 0 Å². The van der Waals surface area contributed by atoms with Crippen LogP contribution in [0.5, 0.6) is 0 Å². The lowest BCUT2D eigenvalue weighted by Gasteiger charge is -2.49. The van der Waals surface area contributed by atoms with E-state index in [1.54, 1.807) is 0 Å². The Morgan fingerprint density at radius 3 is 2.23 bits per heavy atom. The van der Waals surface area contributed by atoms with Crippen molar-refractivity contribution in [3.63, 3.8) is 0 Å². The Morgan fingerprint density at radius 1 is 1.00 bits per heavy atom. The molecule has 1 heteroatoms. The minimum absolute atomic E-state index is 0.511. The highest BCUT2D eigenvalue weighted by atomic mass is 14.7. The molecule has 0 aliphatic heterocycles. The zero-order valence-electron chi connectivity index (χ0n) is 8.89. The van der Waals surface area contributed by atoms with Gasteiger partial charge in [-0.15, -0.1) is 0 Å². The molecule has 0 amide bonds. The van der Waals surface area contributed by atoms with Crippen LogP contribution in [0, 0.1) is 11.3 Å². The normalized spacial score (nSPS) is 46.6. The minimum atomic E-state index is 0.511. The quantitative estimate of drug-likeness (QED) is 0.610. The van der Waals surface area contributed by atoms with Crippen molar-refractivity contribution in [1.29, 1.82) is 0 Å². The molecule has 0 saturated heterocycles. The fourth-order valence-electron chi connectivity index (χ4n) is 3.65. The van der Waals surface area contributed by atoms with Gasteiger partial charge >= 0.3 is 0 Å². The Balaban J connectivity index is 2.13. The van der Waals surface area contributed by atoms with Gasteiger partial charge in [0.1, 0.15) is 0 Å². The van der Waals surface area contributed by atoms with Crippen molar-refractivity contribution in [1.82, 2.24) is 0 Å². The summed E-state index contributed by atoms with van der Waals surface area (Å²) in [6.07, 6.45) is 11.2. The summed E-state index contributed by atoms with van der Waals surface area (Å²) in [5.41, 5.74) is 6.89. The van der Waals surface area contributed by atoms with Gasteiger partial charge in [0, 0.05) is 6.04 Å². The molecule has 0 bridgehead atoms. The lowest BCUT2D eigenvalue weighted by atomic mass is 9.58. The van der Waals surface area contributed by atoms with Crippen LogP contribution in [0.1, 0.15) is 58.3 Å². The zero-order valence-corrected chi connectivity index (χ0v) is 8.89. The minimum Gasteiger partial charge on any atom is -0.327 e. The van der Waals surface area contributed by atoms with E-state index in [0.29, 0.717) is 11.5 Å². The third-order valence-corrected chi connectivity index (χ3v) is 4.66. The van der Waals surface area contributed by atoms with Gasteiger partial charge in [0.25, 0.3) is 0 Å². The predicted molar refractivity (Wildman–Crippen MR) is 56.5 cm³/mol. The molecule has 2 aliphatic carbocycles. The highest BCUT2D eigenvalue weighted by Gasteiger charge is 2.43. The smallest absolute Gasteiger partial charge is 0.00981 e. The van der Waals surface area contributed by atoms with Crippen LogP contribution >= 0.6 is 0 Å². The Hall–Kier alpha value is -0.0400. The summed E-state index contributed by atoms with van der Waals surface area (Å²) < 4.78 is 0. The fraction of sp³-hybridized carbons (Fsp3) is 1.00. The van der Waals surface area contributed by atoms with Gasteiger partial charge in [0.05, 0.1) is 0 Å². The molecule has 13 heavy (non-hydrogen) atoms. The van der Waals surface area contributed by atoms with Gasteiger partial charge in [-0.3, -0.25) is 0 Å². The van der Waals surface area contributed by atoms with Crippen molar-refractivity contribution < 1.29 is 0 Å². The molecule has 76 valence electrons. The number of hydrogen-bond donors (Lipinski definition) is 1. The van der Waals surface area contributed by atoms with Gasteiger partial charge in [-0.05, 0) is 30.6 Å². The topological polar surface area (TPSA) is 26.0 Å². The molecule has 2 saturated carbocycles. The van der Waals surface area contributed by atoms with Gasteiger partial charge in [-0.2, -0.15) is 0 Å². The molecular formula is C12H23N. The Morgan fingerprint density at radius 2 is 1.62 bits per heavy atom. The highest BCUT2D eigenvalue weighted by molar-refractivity contribution is 4.97. The van der Waals surface area contributed by atoms with E-state index in [2.05, 4.69) is 6.92 Å². The second kappa shape index (κ2) is 3.61. The molecule has 3 atom stereocenters. The number of hydrogen-bond acceptors (Lipinski definition) is 1. The number of rotatable bonds is 0. The molecule has 0 aromatic carbocycles. The molecule has 2 N–H and O–H groups in total. The molecule has 0 aromatic rings. The summed E-state index contributed by atoms with van der Waals surface area (Å²) in [6, 6.07) is 0.511.